The van der Waals surface area contributed by atoms with Gasteiger partial charge < -0.3 is 15.0 Å². The molecule has 1 heterocycles. The maximum atomic E-state index is 11.7. The van der Waals surface area contributed by atoms with Gasteiger partial charge >= 0.3 is 0 Å². The first kappa shape index (κ1) is 17.4. The van der Waals surface area contributed by atoms with Gasteiger partial charge in [0, 0.05) is 18.1 Å². The summed E-state index contributed by atoms with van der Waals surface area (Å²) in [5, 5.41) is 3.49. The third-order valence-electron chi connectivity index (χ3n) is 3.20. The maximum absolute atomic E-state index is 11.7. The van der Waals surface area contributed by atoms with Gasteiger partial charge in [-0.1, -0.05) is 35.6 Å². The third-order valence-corrected chi connectivity index (χ3v) is 4.97. The number of thiocarbonyl (C=S) groups is 1. The van der Waals surface area contributed by atoms with E-state index in [4.69, 9.17) is 28.6 Å². The van der Waals surface area contributed by atoms with Crippen LogP contribution in [0.3, 0.4) is 0 Å². The molecule has 1 aliphatic heterocycles. The van der Waals surface area contributed by atoms with Gasteiger partial charge in [-0.15, -0.1) is 0 Å². The summed E-state index contributed by atoms with van der Waals surface area (Å²) in [6, 6.07) is 7.14. The van der Waals surface area contributed by atoms with E-state index in [1.807, 2.05) is 0 Å². The molecule has 1 amide bonds. The molecule has 0 unspecified atom stereocenters. The topological polar surface area (TPSA) is 41.6 Å². The Kier molecular flexibility index (Phi) is 7.29. The smallest absolute Gasteiger partial charge is 0.230 e. The van der Waals surface area contributed by atoms with E-state index in [9.17, 15) is 4.79 Å². The summed E-state index contributed by atoms with van der Waals surface area (Å²) >= 11 is 12.5. The number of carbonyl (C=O) groups is 1. The number of nitrogens with zero attached hydrogens (tertiary/aromatic N) is 1. The van der Waals surface area contributed by atoms with E-state index in [-0.39, 0.29) is 5.91 Å². The van der Waals surface area contributed by atoms with Crippen molar-refractivity contribution in [2.45, 2.75) is 12.8 Å². The fourth-order valence-corrected chi connectivity index (χ4v) is 3.27. The molecular formula is C15H19ClN2O2S2. The van der Waals surface area contributed by atoms with Gasteiger partial charge in [-0.2, -0.15) is 0 Å². The minimum atomic E-state index is -0.0220. The summed E-state index contributed by atoms with van der Waals surface area (Å²) < 4.78 is 6.33. The van der Waals surface area contributed by atoms with Crippen LogP contribution < -0.4 is 10.1 Å². The first-order valence-electron chi connectivity index (χ1n) is 7.22. The molecule has 1 fully saturated rings. The predicted molar refractivity (Wildman–Crippen MR) is 95.8 cm³/mol. The lowest BCUT2D eigenvalue weighted by molar-refractivity contribution is -0.118. The quantitative estimate of drug-likeness (QED) is 0.625. The SMILES string of the molecule is O=C(CSC(=S)N1CCCC1)NCCOc1ccc(Cl)cc1. The lowest BCUT2D eigenvalue weighted by Gasteiger charge is -2.17. The van der Waals surface area contributed by atoms with E-state index in [2.05, 4.69) is 10.2 Å². The van der Waals surface area contributed by atoms with Crippen LogP contribution in [0.5, 0.6) is 5.75 Å². The van der Waals surface area contributed by atoms with Gasteiger partial charge in [0.15, 0.2) is 0 Å². The van der Waals surface area contributed by atoms with E-state index in [1.165, 1.54) is 24.6 Å². The molecule has 1 aliphatic rings. The van der Waals surface area contributed by atoms with Crippen LogP contribution in [0.2, 0.25) is 5.02 Å². The van der Waals surface area contributed by atoms with E-state index >= 15 is 0 Å². The minimum Gasteiger partial charge on any atom is -0.492 e. The summed E-state index contributed by atoms with van der Waals surface area (Å²) in [6.45, 7) is 2.93. The van der Waals surface area contributed by atoms with Crippen LogP contribution in [-0.2, 0) is 4.79 Å². The average molecular weight is 359 g/mol. The molecule has 4 nitrogen and oxygen atoms in total. The zero-order chi connectivity index (χ0) is 15.8. The first-order chi connectivity index (χ1) is 10.6. The number of carbonyl (C=O) groups excluding carboxylic acids is 1. The van der Waals surface area contributed by atoms with Crippen molar-refractivity contribution in [2.24, 2.45) is 0 Å². The summed E-state index contributed by atoms with van der Waals surface area (Å²) in [5.41, 5.74) is 0. The molecule has 2 rings (SSSR count). The predicted octanol–water partition coefficient (Wildman–Crippen LogP) is 2.95. The second kappa shape index (κ2) is 9.22. The third kappa shape index (κ3) is 6.02. The Balaban J connectivity index is 1.55. The molecule has 0 aromatic heterocycles. The number of amides is 1. The first-order valence-corrected chi connectivity index (χ1v) is 8.99. The van der Waals surface area contributed by atoms with Gasteiger partial charge in [0.1, 0.15) is 16.7 Å². The second-order valence-electron chi connectivity index (χ2n) is 4.90. The van der Waals surface area contributed by atoms with Gasteiger partial charge in [0.25, 0.3) is 0 Å². The van der Waals surface area contributed by atoms with E-state index in [0.717, 1.165) is 23.2 Å². The highest BCUT2D eigenvalue weighted by atomic mass is 35.5. The Morgan fingerprint density at radius 2 is 2.00 bits per heavy atom. The van der Waals surface area contributed by atoms with Crippen LogP contribution in [0.25, 0.3) is 0 Å². The molecule has 0 radical (unpaired) electrons. The lowest BCUT2D eigenvalue weighted by Crippen LogP contribution is -2.31. The number of rotatable bonds is 6. The Morgan fingerprint density at radius 3 is 2.68 bits per heavy atom. The molecule has 0 spiro atoms. The number of halogens is 1. The molecule has 0 aliphatic carbocycles. The minimum absolute atomic E-state index is 0.0220. The van der Waals surface area contributed by atoms with E-state index < -0.39 is 0 Å². The molecule has 1 saturated heterocycles. The van der Waals surface area contributed by atoms with Crippen molar-refractivity contribution >= 4 is 45.8 Å². The highest BCUT2D eigenvalue weighted by Gasteiger charge is 2.15. The van der Waals surface area contributed by atoms with Crippen molar-refractivity contribution in [1.29, 1.82) is 0 Å². The van der Waals surface area contributed by atoms with Crippen molar-refractivity contribution < 1.29 is 9.53 Å². The van der Waals surface area contributed by atoms with E-state index in [1.54, 1.807) is 24.3 Å². The number of thioether (sulfide) groups is 1. The Hall–Kier alpha value is -0.980. The standard InChI is InChI=1S/C15H19ClN2O2S2/c16-12-3-5-13(6-4-12)20-10-7-17-14(19)11-22-15(21)18-8-1-2-9-18/h3-6H,1-2,7-11H2,(H,17,19). The second-order valence-corrected chi connectivity index (χ2v) is 6.95. The van der Waals surface area contributed by atoms with Crippen LogP contribution in [-0.4, -0.2) is 47.1 Å². The fourth-order valence-electron chi connectivity index (χ4n) is 2.06. The molecule has 120 valence electrons. The highest BCUT2D eigenvalue weighted by Crippen LogP contribution is 2.16. The fraction of sp³-hybridized carbons (Fsp3) is 0.467. The van der Waals surface area contributed by atoms with Crippen molar-refractivity contribution in [3.8, 4) is 5.75 Å². The lowest BCUT2D eigenvalue weighted by atomic mass is 10.3. The summed E-state index contributed by atoms with van der Waals surface area (Å²) in [4.78, 5) is 13.9. The zero-order valence-corrected chi connectivity index (χ0v) is 14.6. The normalized spacial score (nSPS) is 14.0. The van der Waals surface area contributed by atoms with Gasteiger partial charge in [0.05, 0.1) is 12.3 Å². The number of likely N-dealkylation sites (tertiary alicyclic amines) is 1. The Labute approximate surface area is 145 Å². The van der Waals surface area contributed by atoms with Crippen LogP contribution in [0.1, 0.15) is 12.8 Å². The van der Waals surface area contributed by atoms with Gasteiger partial charge in [-0.05, 0) is 37.1 Å². The van der Waals surface area contributed by atoms with E-state index in [0.29, 0.717) is 23.9 Å². The van der Waals surface area contributed by atoms with Crippen LogP contribution in [0, 0.1) is 0 Å². The molecule has 1 N–H and O–H groups in total. The molecular weight excluding hydrogens is 340 g/mol. The van der Waals surface area contributed by atoms with Crippen molar-refractivity contribution in [3.05, 3.63) is 29.3 Å². The van der Waals surface area contributed by atoms with Crippen LogP contribution in [0.15, 0.2) is 24.3 Å². The molecule has 1 aromatic rings. The van der Waals surface area contributed by atoms with Crippen molar-refractivity contribution in [3.63, 3.8) is 0 Å². The van der Waals surface area contributed by atoms with Crippen molar-refractivity contribution in [2.75, 3.05) is 32.0 Å². The molecule has 1 aromatic carbocycles. The number of benzene rings is 1. The number of hydrogen-bond acceptors (Lipinski definition) is 4. The molecule has 0 atom stereocenters. The van der Waals surface area contributed by atoms with Crippen molar-refractivity contribution in [1.82, 2.24) is 10.2 Å². The molecule has 0 saturated carbocycles. The molecule has 0 bridgehead atoms. The largest absolute Gasteiger partial charge is 0.492 e. The van der Waals surface area contributed by atoms with Gasteiger partial charge in [0.2, 0.25) is 5.91 Å². The maximum Gasteiger partial charge on any atom is 0.230 e. The molecule has 7 heteroatoms. The van der Waals surface area contributed by atoms with Crippen LogP contribution >= 0.6 is 35.6 Å². The number of hydrogen-bond donors (Lipinski definition) is 1. The summed E-state index contributed by atoms with van der Waals surface area (Å²) in [5.74, 6) is 1.07. The Morgan fingerprint density at radius 1 is 1.32 bits per heavy atom. The zero-order valence-electron chi connectivity index (χ0n) is 12.2. The molecule has 22 heavy (non-hydrogen) atoms. The number of nitrogens with one attached hydrogen (secondary N) is 1. The highest BCUT2D eigenvalue weighted by molar-refractivity contribution is 8.23. The average Bonchev–Trinajstić information content (AvgIpc) is 3.05. The summed E-state index contributed by atoms with van der Waals surface area (Å²) in [7, 11) is 0. The Bertz CT molecular complexity index is 505. The summed E-state index contributed by atoms with van der Waals surface area (Å²) in [6.07, 6.45) is 2.38. The van der Waals surface area contributed by atoms with Gasteiger partial charge in [-0.3, -0.25) is 4.79 Å². The monoisotopic (exact) mass is 358 g/mol. The van der Waals surface area contributed by atoms with Crippen LogP contribution in [0.4, 0.5) is 0 Å². The van der Waals surface area contributed by atoms with Gasteiger partial charge in [-0.25, -0.2) is 0 Å². The number of ether oxygens (including phenoxy) is 1.